The summed E-state index contributed by atoms with van der Waals surface area (Å²) in [4.78, 5) is 37.6. The highest BCUT2D eigenvalue weighted by atomic mass is 16.2. The minimum Gasteiger partial charge on any atom is -0.340 e. The number of nitrogens with one attached hydrogen (secondary N) is 3. The second-order valence-corrected chi connectivity index (χ2v) is 8.47. The van der Waals surface area contributed by atoms with Gasteiger partial charge in [0, 0.05) is 11.1 Å². The lowest BCUT2D eigenvalue weighted by molar-refractivity contribution is -0.124. The predicted molar refractivity (Wildman–Crippen MR) is 118 cm³/mol. The molecule has 2 aromatic rings. The molecule has 2 atom stereocenters. The number of benzene rings is 2. The van der Waals surface area contributed by atoms with E-state index < -0.39 is 17.9 Å². The molecule has 2 unspecified atom stereocenters. The van der Waals surface area contributed by atoms with Crippen molar-refractivity contribution in [3.05, 3.63) is 71.3 Å². The topological polar surface area (TPSA) is 87.3 Å². The standard InChI is InChI=1S/C24H31N3O3/c1-6-16(2)20(25-21(28)17-10-8-7-9-11-17)23(30)27-26-22(29)18-12-14-19(15-13-18)24(3,4)5/h7-16,20H,6H2,1-5H3,(H,25,28)(H,26,29)(H,27,30). The zero-order valence-corrected chi connectivity index (χ0v) is 18.3. The number of hydrazine groups is 1. The lowest BCUT2D eigenvalue weighted by Gasteiger charge is -2.23. The second kappa shape index (κ2) is 10.1. The van der Waals surface area contributed by atoms with Crippen LogP contribution in [0.25, 0.3) is 0 Å². The van der Waals surface area contributed by atoms with Gasteiger partial charge in [0.05, 0.1) is 0 Å². The Bertz CT molecular complexity index is 871. The van der Waals surface area contributed by atoms with Crippen LogP contribution in [0.1, 0.15) is 67.3 Å². The number of hydrogen-bond donors (Lipinski definition) is 3. The highest BCUT2D eigenvalue weighted by Crippen LogP contribution is 2.22. The van der Waals surface area contributed by atoms with E-state index in [9.17, 15) is 14.4 Å². The van der Waals surface area contributed by atoms with Crippen molar-refractivity contribution in [3.8, 4) is 0 Å². The van der Waals surface area contributed by atoms with Crippen molar-refractivity contribution in [2.75, 3.05) is 0 Å². The van der Waals surface area contributed by atoms with Crippen LogP contribution in [0.2, 0.25) is 0 Å². The van der Waals surface area contributed by atoms with Gasteiger partial charge in [0.2, 0.25) is 0 Å². The molecule has 3 amide bonds. The molecule has 0 saturated heterocycles. The zero-order chi connectivity index (χ0) is 22.3. The molecule has 2 aromatic carbocycles. The number of carbonyl (C=O) groups excluding carboxylic acids is 3. The van der Waals surface area contributed by atoms with Gasteiger partial charge in [-0.2, -0.15) is 0 Å². The van der Waals surface area contributed by atoms with E-state index >= 15 is 0 Å². The quantitative estimate of drug-likeness (QED) is 0.637. The number of rotatable bonds is 6. The van der Waals surface area contributed by atoms with Gasteiger partial charge in [0.15, 0.2) is 0 Å². The van der Waals surface area contributed by atoms with Crippen LogP contribution in [0.5, 0.6) is 0 Å². The van der Waals surface area contributed by atoms with Crippen LogP contribution in [0.15, 0.2) is 54.6 Å². The van der Waals surface area contributed by atoms with E-state index in [1.54, 1.807) is 36.4 Å². The van der Waals surface area contributed by atoms with Crippen molar-refractivity contribution in [3.63, 3.8) is 0 Å². The SMILES string of the molecule is CCC(C)C(NC(=O)c1ccccc1)C(=O)NNC(=O)c1ccc(C(C)(C)C)cc1. The molecule has 6 heteroatoms. The molecule has 0 bridgehead atoms. The van der Waals surface area contributed by atoms with Crippen molar-refractivity contribution in [2.45, 2.75) is 52.5 Å². The molecule has 6 nitrogen and oxygen atoms in total. The fraction of sp³-hybridized carbons (Fsp3) is 0.375. The Labute approximate surface area is 178 Å². The van der Waals surface area contributed by atoms with Crippen LogP contribution in [0.3, 0.4) is 0 Å². The molecule has 0 aliphatic rings. The molecule has 2 rings (SSSR count). The Morgan fingerprint density at radius 1 is 0.833 bits per heavy atom. The van der Waals surface area contributed by atoms with Crippen LogP contribution >= 0.6 is 0 Å². The van der Waals surface area contributed by atoms with Gasteiger partial charge in [-0.15, -0.1) is 0 Å². The minimum absolute atomic E-state index is 0.0102. The van der Waals surface area contributed by atoms with Crippen LogP contribution in [0, 0.1) is 5.92 Å². The molecule has 0 aromatic heterocycles. The lowest BCUT2D eigenvalue weighted by Crippen LogP contribution is -2.54. The Balaban J connectivity index is 2.01. The predicted octanol–water partition coefficient (Wildman–Crippen LogP) is 3.59. The van der Waals surface area contributed by atoms with E-state index in [1.165, 1.54) is 0 Å². The average Bonchev–Trinajstić information content (AvgIpc) is 2.74. The summed E-state index contributed by atoms with van der Waals surface area (Å²) in [7, 11) is 0. The highest BCUT2D eigenvalue weighted by Gasteiger charge is 2.26. The molecule has 0 aliphatic heterocycles. The first kappa shape index (κ1) is 23.1. The summed E-state index contributed by atoms with van der Waals surface area (Å²) >= 11 is 0. The monoisotopic (exact) mass is 409 g/mol. The Kier molecular flexibility index (Phi) is 7.75. The molecule has 30 heavy (non-hydrogen) atoms. The summed E-state index contributed by atoms with van der Waals surface area (Å²) in [5.41, 5.74) is 6.90. The molecular weight excluding hydrogens is 378 g/mol. The van der Waals surface area contributed by atoms with Gasteiger partial charge >= 0.3 is 0 Å². The number of amides is 3. The van der Waals surface area contributed by atoms with Crippen LogP contribution < -0.4 is 16.2 Å². The van der Waals surface area contributed by atoms with Crippen molar-refractivity contribution >= 4 is 17.7 Å². The summed E-state index contributed by atoms with van der Waals surface area (Å²) in [5.74, 6) is -1.32. The fourth-order valence-electron chi connectivity index (χ4n) is 2.91. The summed E-state index contributed by atoms with van der Waals surface area (Å²) in [6.07, 6.45) is 0.690. The van der Waals surface area contributed by atoms with Crippen molar-refractivity contribution < 1.29 is 14.4 Å². The maximum atomic E-state index is 12.7. The summed E-state index contributed by atoms with van der Waals surface area (Å²) in [5, 5.41) is 2.77. The smallest absolute Gasteiger partial charge is 0.269 e. The summed E-state index contributed by atoms with van der Waals surface area (Å²) in [6.45, 7) is 10.1. The van der Waals surface area contributed by atoms with Crippen molar-refractivity contribution in [2.24, 2.45) is 5.92 Å². The Hall–Kier alpha value is -3.15. The zero-order valence-electron chi connectivity index (χ0n) is 18.3. The first-order chi connectivity index (χ1) is 14.1. The number of carbonyl (C=O) groups is 3. The molecule has 0 saturated carbocycles. The van der Waals surface area contributed by atoms with E-state index in [0.717, 1.165) is 5.56 Å². The Morgan fingerprint density at radius 2 is 1.40 bits per heavy atom. The van der Waals surface area contributed by atoms with Crippen LogP contribution in [-0.2, 0) is 10.2 Å². The third-order valence-electron chi connectivity index (χ3n) is 5.13. The fourth-order valence-corrected chi connectivity index (χ4v) is 2.91. The van der Waals surface area contributed by atoms with Crippen molar-refractivity contribution in [1.29, 1.82) is 0 Å². The Morgan fingerprint density at radius 3 is 1.93 bits per heavy atom. The van der Waals surface area contributed by atoms with Crippen LogP contribution in [0.4, 0.5) is 0 Å². The van der Waals surface area contributed by atoms with Gasteiger partial charge in [-0.05, 0) is 41.2 Å². The normalized spacial score (nSPS) is 13.1. The number of hydrogen-bond acceptors (Lipinski definition) is 3. The lowest BCUT2D eigenvalue weighted by atomic mass is 9.87. The van der Waals surface area contributed by atoms with Gasteiger partial charge in [0.1, 0.15) is 6.04 Å². The van der Waals surface area contributed by atoms with E-state index in [-0.39, 0.29) is 17.2 Å². The minimum atomic E-state index is -0.772. The van der Waals surface area contributed by atoms with Gasteiger partial charge in [0.25, 0.3) is 17.7 Å². The molecule has 0 fully saturated rings. The van der Waals surface area contributed by atoms with Gasteiger partial charge < -0.3 is 5.32 Å². The molecule has 0 spiro atoms. The summed E-state index contributed by atoms with van der Waals surface area (Å²) in [6, 6.07) is 15.2. The largest absolute Gasteiger partial charge is 0.340 e. The maximum absolute atomic E-state index is 12.7. The summed E-state index contributed by atoms with van der Waals surface area (Å²) < 4.78 is 0. The highest BCUT2D eigenvalue weighted by molar-refractivity contribution is 5.99. The van der Waals surface area contributed by atoms with Crippen molar-refractivity contribution in [1.82, 2.24) is 16.2 Å². The molecule has 160 valence electrons. The first-order valence-corrected chi connectivity index (χ1v) is 10.2. The van der Waals surface area contributed by atoms with E-state index in [1.807, 2.05) is 32.0 Å². The van der Waals surface area contributed by atoms with E-state index in [2.05, 4.69) is 36.9 Å². The molecule has 0 heterocycles. The maximum Gasteiger partial charge on any atom is 0.269 e. The molecule has 0 aliphatic carbocycles. The van der Waals surface area contributed by atoms with E-state index in [4.69, 9.17) is 0 Å². The second-order valence-electron chi connectivity index (χ2n) is 8.47. The third kappa shape index (κ3) is 6.17. The van der Waals surface area contributed by atoms with E-state index in [0.29, 0.717) is 17.5 Å². The molecule has 0 radical (unpaired) electrons. The average molecular weight is 410 g/mol. The van der Waals surface area contributed by atoms with Crippen LogP contribution in [-0.4, -0.2) is 23.8 Å². The molecule has 3 N–H and O–H groups in total. The van der Waals surface area contributed by atoms with Gasteiger partial charge in [-0.25, -0.2) is 0 Å². The van der Waals surface area contributed by atoms with Gasteiger partial charge in [-0.3, -0.25) is 25.2 Å². The first-order valence-electron chi connectivity index (χ1n) is 10.2. The van der Waals surface area contributed by atoms with Gasteiger partial charge in [-0.1, -0.05) is 71.4 Å². The molecular formula is C24H31N3O3. The third-order valence-corrected chi connectivity index (χ3v) is 5.13.